The molecule has 0 N–H and O–H groups in total. The Hall–Kier alpha value is -4.09. The van der Waals surface area contributed by atoms with Crippen molar-refractivity contribution in [1.82, 2.24) is 19.9 Å². The van der Waals surface area contributed by atoms with E-state index in [4.69, 9.17) is 16.6 Å². The highest BCUT2D eigenvalue weighted by molar-refractivity contribution is 8.14. The summed E-state index contributed by atoms with van der Waals surface area (Å²) >= 11 is 7.23. The van der Waals surface area contributed by atoms with Crippen LogP contribution in [0.2, 0.25) is 5.15 Å². The molecule has 2 aromatic carbocycles. The normalized spacial score (nSPS) is 20.3. The van der Waals surface area contributed by atoms with Gasteiger partial charge >= 0.3 is 0 Å². The van der Waals surface area contributed by atoms with Crippen LogP contribution in [0.5, 0.6) is 0 Å². The van der Waals surface area contributed by atoms with E-state index in [0.29, 0.717) is 28.5 Å². The molecule has 2 aliphatic rings. The van der Waals surface area contributed by atoms with Crippen LogP contribution >= 0.6 is 23.4 Å². The number of rotatable bonds is 7. The minimum atomic E-state index is -1.13. The minimum Gasteiger partial charge on any atom is -0.338 e. The van der Waals surface area contributed by atoms with Crippen LogP contribution in [-0.4, -0.2) is 49.6 Å². The Morgan fingerprint density at radius 2 is 1.83 bits per heavy atom. The van der Waals surface area contributed by atoms with Crippen molar-refractivity contribution < 1.29 is 18.0 Å². The number of hydrogen-bond donors (Lipinski definition) is 0. The van der Waals surface area contributed by atoms with Gasteiger partial charge in [-0.25, -0.2) is 33.1 Å². The number of anilines is 1. The monoisotopic (exact) mass is 606 g/mol. The van der Waals surface area contributed by atoms with E-state index in [-0.39, 0.29) is 47.0 Å². The van der Waals surface area contributed by atoms with Gasteiger partial charge in [0.2, 0.25) is 5.95 Å². The van der Waals surface area contributed by atoms with Crippen molar-refractivity contribution in [2.24, 2.45) is 10.9 Å². The molecule has 0 unspecified atom stereocenters. The quantitative estimate of drug-likeness (QED) is 0.225. The van der Waals surface area contributed by atoms with Crippen LogP contribution in [-0.2, 0) is 5.54 Å². The van der Waals surface area contributed by atoms with Gasteiger partial charge in [0.05, 0.1) is 42.8 Å². The Morgan fingerprint density at radius 3 is 2.57 bits per heavy atom. The number of halogens is 4. The summed E-state index contributed by atoms with van der Waals surface area (Å²) in [7, 11) is 0. The van der Waals surface area contributed by atoms with E-state index < -0.39 is 23.0 Å². The maximum absolute atomic E-state index is 15.7. The molecule has 4 aromatic rings. The molecule has 1 fully saturated rings. The number of thioether (sulfide) groups is 1. The zero-order valence-corrected chi connectivity index (χ0v) is 23.5. The van der Waals surface area contributed by atoms with Gasteiger partial charge in [-0.2, -0.15) is 0 Å². The zero-order chi connectivity index (χ0) is 29.3. The summed E-state index contributed by atoms with van der Waals surface area (Å²) in [5.74, 6) is -1.23. The number of aromatic nitrogens is 4. The molecule has 7 nitrogen and oxygen atoms in total. The molecule has 2 aliphatic heterocycles. The first-order chi connectivity index (χ1) is 20.3. The van der Waals surface area contributed by atoms with Gasteiger partial charge in [-0.1, -0.05) is 48.0 Å². The van der Waals surface area contributed by atoms with E-state index in [1.165, 1.54) is 42.4 Å². The van der Waals surface area contributed by atoms with Gasteiger partial charge < -0.3 is 4.90 Å². The maximum atomic E-state index is 15.7. The minimum absolute atomic E-state index is 0.0180. The highest BCUT2D eigenvalue weighted by atomic mass is 35.5. The van der Waals surface area contributed by atoms with Gasteiger partial charge in [0, 0.05) is 29.3 Å². The number of hydrogen-bond acceptors (Lipinski definition) is 8. The summed E-state index contributed by atoms with van der Waals surface area (Å²) < 4.78 is 44.4. The molecule has 0 bridgehead atoms. The van der Waals surface area contributed by atoms with Crippen LogP contribution in [0.3, 0.4) is 0 Å². The smallest absolute Gasteiger partial charge is 0.225 e. The molecular formula is C30H22ClF3N6OS. The summed E-state index contributed by atoms with van der Waals surface area (Å²) in [6.07, 6.45) is 5.90. The van der Waals surface area contributed by atoms with Crippen molar-refractivity contribution in [3.05, 3.63) is 112 Å². The summed E-state index contributed by atoms with van der Waals surface area (Å²) in [6.45, 7) is 0.610. The average molecular weight is 607 g/mol. The summed E-state index contributed by atoms with van der Waals surface area (Å²) in [6, 6.07) is 13.2. The highest BCUT2D eigenvalue weighted by Gasteiger charge is 2.52. The van der Waals surface area contributed by atoms with Crippen molar-refractivity contribution in [2.45, 2.75) is 12.0 Å². The van der Waals surface area contributed by atoms with Crippen LogP contribution < -0.4 is 4.90 Å². The molecule has 212 valence electrons. The molecule has 0 aliphatic carbocycles. The fraction of sp³-hybridized carbons (Fsp3) is 0.200. The second-order valence-electron chi connectivity index (χ2n) is 9.94. The summed E-state index contributed by atoms with van der Waals surface area (Å²) in [5.41, 5.74) is 0.0608. The van der Waals surface area contributed by atoms with Gasteiger partial charge in [-0.3, -0.25) is 9.79 Å². The predicted octanol–water partition coefficient (Wildman–Crippen LogP) is 6.42. The van der Waals surface area contributed by atoms with E-state index in [0.717, 1.165) is 12.4 Å². The first-order valence-electron chi connectivity index (χ1n) is 13.0. The predicted molar refractivity (Wildman–Crippen MR) is 157 cm³/mol. The van der Waals surface area contributed by atoms with E-state index in [1.807, 2.05) is 11.0 Å². The first kappa shape index (κ1) is 28.0. The lowest BCUT2D eigenvalue weighted by atomic mass is 9.80. The highest BCUT2D eigenvalue weighted by Crippen LogP contribution is 2.48. The zero-order valence-electron chi connectivity index (χ0n) is 21.9. The number of fused-ring (bicyclic) bond motifs is 1. The number of carbonyl (C=O) groups is 1. The van der Waals surface area contributed by atoms with Gasteiger partial charge in [-0.15, -0.1) is 11.8 Å². The lowest BCUT2D eigenvalue weighted by molar-refractivity contribution is 0.100. The van der Waals surface area contributed by atoms with E-state index in [2.05, 4.69) is 19.9 Å². The molecule has 0 amide bonds. The maximum Gasteiger partial charge on any atom is 0.225 e. The number of ketones is 1. The molecular weight excluding hydrogens is 585 g/mol. The Kier molecular flexibility index (Phi) is 7.78. The average Bonchev–Trinajstić information content (AvgIpc) is 3.39. The molecule has 0 radical (unpaired) electrons. The van der Waals surface area contributed by atoms with Gasteiger partial charge in [0.15, 0.2) is 17.4 Å². The molecule has 1 saturated heterocycles. The van der Waals surface area contributed by atoms with Crippen molar-refractivity contribution in [1.29, 1.82) is 0 Å². The molecule has 0 spiro atoms. The fourth-order valence-electron chi connectivity index (χ4n) is 5.23. The van der Waals surface area contributed by atoms with Crippen LogP contribution in [0.4, 0.5) is 19.1 Å². The third-order valence-electron chi connectivity index (χ3n) is 7.24. The molecule has 2 atom stereocenters. The number of benzene rings is 2. The second-order valence-corrected chi connectivity index (χ2v) is 11.4. The molecule has 12 heteroatoms. The lowest BCUT2D eigenvalue weighted by Crippen LogP contribution is -2.39. The van der Waals surface area contributed by atoms with Crippen molar-refractivity contribution in [3.8, 4) is 0 Å². The van der Waals surface area contributed by atoms with Crippen molar-refractivity contribution in [3.63, 3.8) is 0 Å². The Labute approximate surface area is 248 Å². The lowest BCUT2D eigenvalue weighted by Gasteiger charge is -2.36. The molecule has 0 saturated carbocycles. The molecule has 42 heavy (non-hydrogen) atoms. The van der Waals surface area contributed by atoms with Gasteiger partial charge in [0.25, 0.3) is 0 Å². The first-order valence-corrected chi connectivity index (χ1v) is 14.3. The number of nitrogens with zero attached hydrogens (tertiary/aromatic N) is 6. The Bertz CT molecular complexity index is 1690. The fourth-order valence-corrected chi connectivity index (χ4v) is 6.56. The second kappa shape index (κ2) is 11.7. The topological polar surface area (TPSA) is 84.2 Å². The Morgan fingerprint density at radius 1 is 1.05 bits per heavy atom. The van der Waals surface area contributed by atoms with Crippen molar-refractivity contribution in [2.75, 3.05) is 23.7 Å². The number of Topliss-reactive ketones (excluding diaryl/α,β-unsaturated/α-hetero) is 1. The van der Waals surface area contributed by atoms with Gasteiger partial charge in [0.1, 0.15) is 22.2 Å². The molecule has 2 aromatic heterocycles. The van der Waals surface area contributed by atoms with E-state index in [9.17, 15) is 9.18 Å². The van der Waals surface area contributed by atoms with Crippen LogP contribution in [0.25, 0.3) is 11.9 Å². The van der Waals surface area contributed by atoms with E-state index in [1.54, 1.807) is 30.3 Å². The van der Waals surface area contributed by atoms with Gasteiger partial charge in [-0.05, 0) is 23.8 Å². The number of aliphatic imine (C=N–C) groups is 1. The van der Waals surface area contributed by atoms with Crippen LogP contribution in [0.15, 0.2) is 78.3 Å². The van der Waals surface area contributed by atoms with Crippen molar-refractivity contribution >= 4 is 52.0 Å². The molecule has 4 heterocycles. The third kappa shape index (κ3) is 5.66. The SMILES string of the molecule is O=C(CC1=N[C@]2(c3cc(/C=C(\F)c4cnc(Cl)cn4)ccc3F)CN(c3ncc(F)cn3)C[C@@H]2CS1)c1ccccc1. The summed E-state index contributed by atoms with van der Waals surface area (Å²) in [4.78, 5) is 36.0. The largest absolute Gasteiger partial charge is 0.338 e. The Balaban J connectivity index is 1.41. The number of carbonyl (C=O) groups excluding carboxylic acids is 1. The van der Waals surface area contributed by atoms with Crippen LogP contribution in [0.1, 0.15) is 33.6 Å². The van der Waals surface area contributed by atoms with E-state index >= 15 is 8.78 Å². The third-order valence-corrected chi connectivity index (χ3v) is 8.57. The summed E-state index contributed by atoms with van der Waals surface area (Å²) in [5, 5.41) is 0.705. The molecule has 6 rings (SSSR count). The van der Waals surface area contributed by atoms with Crippen LogP contribution in [0, 0.1) is 17.6 Å². The standard InChI is InChI=1S/C30H22ClF3N6OS/c31-27-14-35-25(13-36-27)24(34)9-18-6-7-23(33)22(8-18)30-17-40(29-37-11-21(32)12-38-29)15-20(30)16-42-28(39-30)10-26(41)19-4-2-1-3-5-19/h1-9,11-14,20H,10,15-17H2/b24-9-/t20-,30-/m1/s1.